The summed E-state index contributed by atoms with van der Waals surface area (Å²) in [6.07, 6.45) is 1.17. The van der Waals surface area contributed by atoms with Gasteiger partial charge in [-0.1, -0.05) is 0 Å². The van der Waals surface area contributed by atoms with E-state index in [9.17, 15) is 0 Å². The van der Waals surface area contributed by atoms with Gasteiger partial charge in [-0.05, 0) is 20.0 Å². The van der Waals surface area contributed by atoms with Crippen molar-refractivity contribution in [2.24, 2.45) is 0 Å². The van der Waals surface area contributed by atoms with Crippen molar-refractivity contribution in [1.82, 2.24) is 9.88 Å². The smallest absolute Gasteiger partial charge is 0.222 e. The minimum atomic E-state index is 0.171. The maximum atomic E-state index is 9.06. The molecule has 3 nitrogen and oxygen atoms in total. The minimum absolute atomic E-state index is 0.171. The molecule has 1 aliphatic heterocycles. The normalized spacial score (nSPS) is 24.9. The summed E-state index contributed by atoms with van der Waals surface area (Å²) in [4.78, 5) is 6.37. The van der Waals surface area contributed by atoms with Crippen molar-refractivity contribution in [3.63, 3.8) is 0 Å². The van der Waals surface area contributed by atoms with Gasteiger partial charge in [0.2, 0.25) is 5.88 Å². The summed E-state index contributed by atoms with van der Waals surface area (Å²) >= 11 is 1.56. The van der Waals surface area contributed by atoms with Crippen LogP contribution in [0.3, 0.4) is 0 Å². The van der Waals surface area contributed by atoms with Gasteiger partial charge in [-0.2, -0.15) is 0 Å². The molecule has 0 radical (unpaired) electrons. The molecule has 0 aromatic carbocycles. The van der Waals surface area contributed by atoms with Crippen molar-refractivity contribution < 1.29 is 5.11 Å². The Hall–Kier alpha value is -0.610. The number of hydrogen-bond donors (Lipinski definition) is 1. The Kier molecular flexibility index (Phi) is 2.02. The summed E-state index contributed by atoms with van der Waals surface area (Å²) in [5.41, 5.74) is 0. The van der Waals surface area contributed by atoms with E-state index in [2.05, 4.69) is 16.9 Å². The van der Waals surface area contributed by atoms with Crippen molar-refractivity contribution in [3.8, 4) is 5.88 Å². The van der Waals surface area contributed by atoms with E-state index >= 15 is 0 Å². The molecule has 1 aromatic rings. The number of nitrogens with zero attached hydrogens (tertiary/aromatic N) is 2. The number of likely N-dealkylation sites (N-methyl/N-ethyl adjacent to an activating group) is 1. The van der Waals surface area contributed by atoms with Gasteiger partial charge >= 0.3 is 0 Å². The van der Waals surface area contributed by atoms with Crippen molar-refractivity contribution in [2.45, 2.75) is 12.3 Å². The highest BCUT2D eigenvalue weighted by atomic mass is 32.1. The lowest BCUT2D eigenvalue weighted by Crippen LogP contribution is -2.13. The van der Waals surface area contributed by atoms with Crippen LogP contribution in [0.2, 0.25) is 0 Å². The van der Waals surface area contributed by atoms with Crippen LogP contribution in [-0.4, -0.2) is 35.1 Å². The van der Waals surface area contributed by atoms with Crippen LogP contribution < -0.4 is 0 Å². The number of hydrogen-bond acceptors (Lipinski definition) is 4. The van der Waals surface area contributed by atoms with E-state index < -0.39 is 0 Å². The zero-order valence-electron chi connectivity index (χ0n) is 7.03. The number of thiazole rings is 1. The first kappa shape index (κ1) is 8.01. The molecule has 1 atom stereocenters. The van der Waals surface area contributed by atoms with Gasteiger partial charge < -0.3 is 10.0 Å². The molecule has 0 amide bonds. The summed E-state index contributed by atoms with van der Waals surface area (Å²) in [5, 5.41) is 11.8. The topological polar surface area (TPSA) is 36.4 Å². The Morgan fingerprint density at radius 1 is 1.75 bits per heavy atom. The summed E-state index contributed by atoms with van der Waals surface area (Å²) in [7, 11) is 2.12. The first-order valence-electron chi connectivity index (χ1n) is 4.08. The Balaban J connectivity index is 2.11. The molecular formula is C8H12N2OS. The second kappa shape index (κ2) is 3.03. The summed E-state index contributed by atoms with van der Waals surface area (Å²) < 4.78 is 0. The van der Waals surface area contributed by atoms with E-state index in [1.807, 2.05) is 0 Å². The minimum Gasteiger partial charge on any atom is -0.493 e. The van der Waals surface area contributed by atoms with E-state index in [0.717, 1.165) is 18.1 Å². The van der Waals surface area contributed by atoms with Crippen LogP contribution in [0.4, 0.5) is 0 Å². The van der Waals surface area contributed by atoms with Crippen LogP contribution in [0.1, 0.15) is 17.3 Å². The highest BCUT2D eigenvalue weighted by Crippen LogP contribution is 2.29. The molecule has 66 valence electrons. The van der Waals surface area contributed by atoms with E-state index in [0.29, 0.717) is 5.92 Å². The second-order valence-electron chi connectivity index (χ2n) is 3.29. The number of rotatable bonds is 1. The lowest BCUT2D eigenvalue weighted by atomic mass is 10.1. The molecule has 1 aliphatic rings. The summed E-state index contributed by atoms with van der Waals surface area (Å²) in [6.45, 7) is 2.22. The standard InChI is InChI=1S/C8H12N2OS/c1-10-3-2-6(4-10)8-9-7(11)5-12-8/h5-6,11H,2-4H2,1H3. The van der Waals surface area contributed by atoms with Gasteiger partial charge in [-0.15, -0.1) is 11.3 Å². The van der Waals surface area contributed by atoms with Gasteiger partial charge in [0.25, 0.3) is 0 Å². The summed E-state index contributed by atoms with van der Waals surface area (Å²) in [5.74, 6) is 0.713. The van der Waals surface area contributed by atoms with Gasteiger partial charge in [-0.3, -0.25) is 0 Å². The fourth-order valence-electron chi connectivity index (χ4n) is 1.60. The third-order valence-electron chi connectivity index (χ3n) is 2.25. The van der Waals surface area contributed by atoms with E-state index in [4.69, 9.17) is 5.11 Å². The molecule has 1 N–H and O–H groups in total. The number of aromatic nitrogens is 1. The van der Waals surface area contributed by atoms with Crippen molar-refractivity contribution in [3.05, 3.63) is 10.4 Å². The SMILES string of the molecule is CN1CCC(c2nc(O)cs2)C1. The molecule has 1 saturated heterocycles. The number of aromatic hydroxyl groups is 1. The van der Waals surface area contributed by atoms with Crippen molar-refractivity contribution >= 4 is 11.3 Å². The maximum absolute atomic E-state index is 9.06. The van der Waals surface area contributed by atoms with E-state index in [1.54, 1.807) is 16.7 Å². The molecule has 2 heterocycles. The molecule has 0 spiro atoms. The Bertz CT molecular complexity index is 274. The molecule has 4 heteroatoms. The Morgan fingerprint density at radius 2 is 2.58 bits per heavy atom. The van der Waals surface area contributed by atoms with Crippen LogP contribution in [-0.2, 0) is 0 Å². The average molecular weight is 184 g/mol. The molecular weight excluding hydrogens is 172 g/mol. The summed E-state index contributed by atoms with van der Waals surface area (Å²) in [6, 6.07) is 0. The fourth-order valence-corrected chi connectivity index (χ4v) is 2.41. The largest absolute Gasteiger partial charge is 0.493 e. The predicted molar refractivity (Wildman–Crippen MR) is 48.6 cm³/mol. The lowest BCUT2D eigenvalue weighted by molar-refractivity contribution is 0.410. The lowest BCUT2D eigenvalue weighted by Gasteiger charge is -2.06. The zero-order valence-corrected chi connectivity index (χ0v) is 7.84. The van der Waals surface area contributed by atoms with Gasteiger partial charge in [0.1, 0.15) is 5.01 Å². The van der Waals surface area contributed by atoms with Crippen molar-refractivity contribution in [2.75, 3.05) is 20.1 Å². The molecule has 2 rings (SSSR count). The Labute approximate surface area is 75.7 Å². The quantitative estimate of drug-likeness (QED) is 0.714. The second-order valence-corrected chi connectivity index (χ2v) is 4.18. The third-order valence-corrected chi connectivity index (χ3v) is 3.25. The molecule has 1 unspecified atom stereocenters. The van der Waals surface area contributed by atoms with Crippen LogP contribution in [0.25, 0.3) is 0 Å². The monoisotopic (exact) mass is 184 g/mol. The first-order valence-corrected chi connectivity index (χ1v) is 4.96. The molecule has 0 aliphatic carbocycles. The fraction of sp³-hybridized carbons (Fsp3) is 0.625. The molecule has 1 aromatic heterocycles. The molecule has 0 bridgehead atoms. The number of likely N-dealkylation sites (tertiary alicyclic amines) is 1. The third kappa shape index (κ3) is 1.44. The van der Waals surface area contributed by atoms with Crippen molar-refractivity contribution in [1.29, 1.82) is 0 Å². The van der Waals surface area contributed by atoms with Gasteiger partial charge in [0.05, 0.1) is 5.38 Å². The van der Waals surface area contributed by atoms with Gasteiger partial charge in [0, 0.05) is 12.5 Å². The van der Waals surface area contributed by atoms with E-state index in [-0.39, 0.29) is 5.88 Å². The highest BCUT2D eigenvalue weighted by molar-refractivity contribution is 7.09. The zero-order chi connectivity index (χ0) is 8.55. The van der Waals surface area contributed by atoms with Gasteiger partial charge in [-0.25, -0.2) is 4.98 Å². The molecule has 12 heavy (non-hydrogen) atoms. The Morgan fingerprint density at radius 3 is 3.08 bits per heavy atom. The average Bonchev–Trinajstić information content (AvgIpc) is 2.58. The molecule has 1 fully saturated rings. The van der Waals surface area contributed by atoms with Gasteiger partial charge in [0.15, 0.2) is 0 Å². The predicted octanol–water partition coefficient (Wildman–Crippen LogP) is 1.27. The molecule has 0 saturated carbocycles. The van der Waals surface area contributed by atoms with Crippen LogP contribution >= 0.6 is 11.3 Å². The van der Waals surface area contributed by atoms with Crippen LogP contribution in [0.15, 0.2) is 5.38 Å². The first-order chi connectivity index (χ1) is 5.75. The maximum Gasteiger partial charge on any atom is 0.222 e. The van der Waals surface area contributed by atoms with E-state index in [1.165, 1.54) is 6.42 Å². The highest BCUT2D eigenvalue weighted by Gasteiger charge is 2.23. The van der Waals surface area contributed by atoms with Crippen LogP contribution in [0, 0.1) is 0 Å². The van der Waals surface area contributed by atoms with Crippen LogP contribution in [0.5, 0.6) is 5.88 Å².